The minimum atomic E-state index is -1.20. The first-order valence-corrected chi connectivity index (χ1v) is 14.9. The van der Waals surface area contributed by atoms with E-state index in [1.165, 1.54) is 19.1 Å². The number of nitrogens with zero attached hydrogens (tertiary/aromatic N) is 5. The molecule has 0 fully saturated rings. The fourth-order valence-corrected chi connectivity index (χ4v) is 4.68. The molecule has 0 radical (unpaired) electrons. The highest BCUT2D eigenvalue weighted by Crippen LogP contribution is 2.21. The second kappa shape index (κ2) is 15.6. The molecule has 1 aliphatic rings. The summed E-state index contributed by atoms with van der Waals surface area (Å²) < 4.78 is 7.42. The van der Waals surface area contributed by atoms with Gasteiger partial charge in [0.15, 0.2) is 11.5 Å². The van der Waals surface area contributed by atoms with Gasteiger partial charge in [0.25, 0.3) is 17.7 Å². The zero-order valence-corrected chi connectivity index (χ0v) is 26.0. The second-order valence-electron chi connectivity index (χ2n) is 11.0. The summed E-state index contributed by atoms with van der Waals surface area (Å²) in [5, 5.41) is 5.29. The number of hydrogen-bond donors (Lipinski definition) is 3. The van der Waals surface area contributed by atoms with Crippen LogP contribution in [0.2, 0.25) is 0 Å². The molecule has 0 spiro atoms. The molecule has 0 saturated carbocycles. The maximum Gasteiger partial charge on any atom is 0.338 e. The highest BCUT2D eigenvalue weighted by Gasteiger charge is 2.31. The van der Waals surface area contributed by atoms with E-state index >= 15 is 0 Å². The van der Waals surface area contributed by atoms with Crippen LogP contribution < -0.4 is 26.8 Å². The Kier molecular flexibility index (Phi) is 12.0. The fraction of sp³-hybridized carbons (Fsp3) is 0.533. The lowest BCUT2D eigenvalue weighted by Gasteiger charge is -2.23. The Balaban J connectivity index is 1.66. The number of imide groups is 1. The quantitative estimate of drug-likeness (QED) is 0.136. The van der Waals surface area contributed by atoms with Crippen molar-refractivity contribution >= 4 is 46.5 Å². The molecule has 45 heavy (non-hydrogen) atoms. The van der Waals surface area contributed by atoms with Crippen LogP contribution >= 0.6 is 0 Å². The number of rotatable bonds is 16. The summed E-state index contributed by atoms with van der Waals surface area (Å²) in [5.74, 6) is -0.625. The molecule has 2 atom stereocenters. The van der Waals surface area contributed by atoms with Gasteiger partial charge in [-0.3, -0.25) is 33.4 Å². The first-order valence-electron chi connectivity index (χ1n) is 14.9. The molecule has 1 aliphatic heterocycles. The lowest BCUT2D eigenvalue weighted by Crippen LogP contribution is -2.54. The van der Waals surface area contributed by atoms with Crippen molar-refractivity contribution in [2.75, 3.05) is 18.9 Å². The van der Waals surface area contributed by atoms with Gasteiger partial charge in [-0.2, -0.15) is 9.97 Å². The van der Waals surface area contributed by atoms with Gasteiger partial charge in [0.2, 0.25) is 11.8 Å². The maximum atomic E-state index is 13.5. The summed E-state index contributed by atoms with van der Waals surface area (Å²) in [5.41, 5.74) is 5.30. The van der Waals surface area contributed by atoms with Crippen molar-refractivity contribution in [2.24, 2.45) is 5.92 Å². The highest BCUT2D eigenvalue weighted by atomic mass is 16.5. The molecule has 15 nitrogen and oxygen atoms in total. The fourth-order valence-electron chi connectivity index (χ4n) is 4.68. The van der Waals surface area contributed by atoms with Crippen LogP contribution in [0.15, 0.2) is 16.9 Å². The number of ether oxygens (including phenoxy) is 1. The molecule has 4 N–H and O–H groups in total. The van der Waals surface area contributed by atoms with Gasteiger partial charge in [0, 0.05) is 25.1 Å². The maximum absolute atomic E-state index is 13.5. The predicted octanol–water partition coefficient (Wildman–Crippen LogP) is 0.758. The highest BCUT2D eigenvalue weighted by molar-refractivity contribution is 6.12. The van der Waals surface area contributed by atoms with Crippen LogP contribution in [0.4, 0.5) is 5.82 Å². The molecule has 0 aliphatic carbocycles. The molecule has 3 heterocycles. The SMILES string of the molecule is C#CCn1c(=O)n(C(=O)[C@H](C)NC(=O)[C@@H](NC(=O)CCCCCN2C(=O)C=CC2=O)C(C)C)c2c(N)nc(OCCCC)nc21. The topological polar surface area (TPSA) is 201 Å². The van der Waals surface area contributed by atoms with Crippen molar-refractivity contribution in [2.45, 2.75) is 84.8 Å². The lowest BCUT2D eigenvalue weighted by atomic mass is 10.0. The molecular weight excluding hydrogens is 584 g/mol. The number of hydrogen-bond acceptors (Lipinski definition) is 10. The van der Waals surface area contributed by atoms with Gasteiger partial charge >= 0.3 is 11.7 Å². The Morgan fingerprint density at radius 1 is 1.02 bits per heavy atom. The average molecular weight is 625 g/mol. The number of terminal acetylenes is 1. The number of fused-ring (bicyclic) bond motifs is 1. The molecule has 0 bridgehead atoms. The molecule has 3 rings (SSSR count). The third-order valence-corrected chi connectivity index (χ3v) is 7.15. The Morgan fingerprint density at radius 3 is 2.33 bits per heavy atom. The van der Waals surface area contributed by atoms with Crippen molar-refractivity contribution < 1.29 is 28.7 Å². The smallest absolute Gasteiger partial charge is 0.338 e. The monoisotopic (exact) mass is 624 g/mol. The average Bonchev–Trinajstić information content (AvgIpc) is 3.45. The van der Waals surface area contributed by atoms with Gasteiger partial charge in [0.05, 0.1) is 13.2 Å². The van der Waals surface area contributed by atoms with E-state index < -0.39 is 29.6 Å². The normalized spacial score (nSPS) is 14.1. The number of amides is 4. The van der Waals surface area contributed by atoms with Crippen molar-refractivity contribution in [1.82, 2.24) is 34.6 Å². The molecule has 0 saturated heterocycles. The van der Waals surface area contributed by atoms with Crippen LogP contribution in [0.5, 0.6) is 6.01 Å². The van der Waals surface area contributed by atoms with E-state index in [1.54, 1.807) is 13.8 Å². The van der Waals surface area contributed by atoms with Gasteiger partial charge in [-0.1, -0.05) is 39.5 Å². The minimum Gasteiger partial charge on any atom is -0.463 e. The van der Waals surface area contributed by atoms with Gasteiger partial charge in [-0.05, 0) is 32.1 Å². The van der Waals surface area contributed by atoms with Crippen LogP contribution in [0, 0.1) is 18.3 Å². The van der Waals surface area contributed by atoms with E-state index in [0.717, 1.165) is 26.9 Å². The van der Waals surface area contributed by atoms with Crippen LogP contribution in [0.3, 0.4) is 0 Å². The van der Waals surface area contributed by atoms with Crippen molar-refractivity contribution in [3.8, 4) is 18.4 Å². The number of nitrogen functional groups attached to an aromatic ring is 1. The molecule has 242 valence electrons. The summed E-state index contributed by atoms with van der Waals surface area (Å²) in [4.78, 5) is 85.5. The lowest BCUT2D eigenvalue weighted by molar-refractivity contribution is -0.137. The van der Waals surface area contributed by atoms with Crippen molar-refractivity contribution in [3.63, 3.8) is 0 Å². The van der Waals surface area contributed by atoms with Gasteiger partial charge in [-0.25, -0.2) is 9.36 Å². The largest absolute Gasteiger partial charge is 0.463 e. The second-order valence-corrected chi connectivity index (χ2v) is 11.0. The third kappa shape index (κ3) is 8.34. The van der Waals surface area contributed by atoms with Crippen LogP contribution in [-0.2, 0) is 25.7 Å². The molecular formula is C30H40N8O7. The van der Waals surface area contributed by atoms with Gasteiger partial charge in [-0.15, -0.1) is 6.42 Å². The van der Waals surface area contributed by atoms with E-state index in [0.29, 0.717) is 25.9 Å². The molecule has 2 aromatic heterocycles. The van der Waals surface area contributed by atoms with Gasteiger partial charge < -0.3 is 21.1 Å². The first-order chi connectivity index (χ1) is 21.4. The number of nitrogens with two attached hydrogens (primary N) is 1. The van der Waals surface area contributed by atoms with Gasteiger partial charge in [0.1, 0.15) is 17.6 Å². The van der Waals surface area contributed by atoms with Crippen molar-refractivity contribution in [1.29, 1.82) is 0 Å². The number of imidazole rings is 1. The third-order valence-electron chi connectivity index (χ3n) is 7.15. The number of nitrogens with one attached hydrogen (secondary N) is 2. The van der Waals surface area contributed by atoms with E-state index in [2.05, 4.69) is 26.5 Å². The Labute approximate surface area is 260 Å². The Bertz CT molecular complexity index is 1560. The molecule has 0 aromatic carbocycles. The number of anilines is 1. The number of carbonyl (C=O) groups is 5. The Hall–Kier alpha value is -5.00. The zero-order chi connectivity index (χ0) is 33.3. The summed E-state index contributed by atoms with van der Waals surface area (Å²) in [6.07, 6.45) is 11.3. The molecule has 0 unspecified atom stereocenters. The summed E-state index contributed by atoms with van der Waals surface area (Å²) in [6, 6.07) is -2.23. The summed E-state index contributed by atoms with van der Waals surface area (Å²) in [6.45, 7) is 7.28. The molecule has 4 amide bonds. The summed E-state index contributed by atoms with van der Waals surface area (Å²) in [7, 11) is 0. The number of unbranched alkanes of at least 4 members (excludes halogenated alkanes) is 3. The first kappa shape index (κ1) is 34.5. The Morgan fingerprint density at radius 2 is 1.71 bits per heavy atom. The standard InChI is InChI=1S/C30H40N8O7/c1-6-8-17-45-29-34-25(31)24-26(35-29)37(15-7-2)30(44)38(24)28(43)19(5)32-27(42)23(18(3)4)33-20(39)12-10-9-11-16-36-21(40)13-14-22(36)41/h2,13-14,18-19,23H,6,8-12,15-17H2,1,3-5H3,(H,32,42)(H,33,39)(H2,31,34,35)/t19-,23-/m0/s1. The number of aromatic nitrogens is 4. The summed E-state index contributed by atoms with van der Waals surface area (Å²) >= 11 is 0. The van der Waals surface area contributed by atoms with Crippen LogP contribution in [0.25, 0.3) is 11.2 Å². The molecule has 2 aromatic rings. The zero-order valence-electron chi connectivity index (χ0n) is 26.0. The number of carbonyl (C=O) groups excluding carboxylic acids is 5. The van der Waals surface area contributed by atoms with E-state index in [-0.39, 0.29) is 66.1 Å². The molecule has 15 heteroatoms. The van der Waals surface area contributed by atoms with Crippen LogP contribution in [-0.4, -0.2) is 78.8 Å². The van der Waals surface area contributed by atoms with Crippen LogP contribution in [0.1, 0.15) is 71.0 Å². The predicted molar refractivity (Wildman–Crippen MR) is 165 cm³/mol. The van der Waals surface area contributed by atoms with E-state index in [1.807, 2.05) is 6.92 Å². The minimum absolute atomic E-state index is 0.0199. The van der Waals surface area contributed by atoms with Crippen molar-refractivity contribution in [3.05, 3.63) is 22.6 Å². The van der Waals surface area contributed by atoms with E-state index in [4.69, 9.17) is 16.9 Å². The van der Waals surface area contributed by atoms with E-state index in [9.17, 15) is 28.8 Å².